The van der Waals surface area contributed by atoms with Crippen molar-refractivity contribution in [2.45, 2.75) is 6.92 Å². The highest BCUT2D eigenvalue weighted by atomic mass is 16.2. The predicted molar refractivity (Wildman–Crippen MR) is 85.3 cm³/mol. The predicted octanol–water partition coefficient (Wildman–Crippen LogP) is 3.91. The molecule has 3 nitrogen and oxygen atoms in total. The summed E-state index contributed by atoms with van der Waals surface area (Å²) in [6.07, 6.45) is 1.94. The minimum atomic E-state index is -0.0950. The summed E-state index contributed by atoms with van der Waals surface area (Å²) in [5, 5.41) is 0. The molecule has 3 heteroatoms. The van der Waals surface area contributed by atoms with Gasteiger partial charge in [-0.3, -0.25) is 14.9 Å². The number of carbonyl (C=O) groups excluding carboxylic acids is 1. The highest BCUT2D eigenvalue weighted by Crippen LogP contribution is 2.27. The second-order valence-electron chi connectivity index (χ2n) is 4.88. The fourth-order valence-corrected chi connectivity index (χ4v) is 2.34. The van der Waals surface area contributed by atoms with Gasteiger partial charge in [0.25, 0.3) is 0 Å². The number of hydrogen-bond donors (Lipinski definition) is 1. The van der Waals surface area contributed by atoms with E-state index in [0.29, 0.717) is 0 Å². The molecule has 0 bridgehead atoms. The molecular weight excluding hydrogens is 260 g/mol. The van der Waals surface area contributed by atoms with Gasteiger partial charge in [-0.1, -0.05) is 60.7 Å². The van der Waals surface area contributed by atoms with Gasteiger partial charge in [0.1, 0.15) is 0 Å². The van der Waals surface area contributed by atoms with Gasteiger partial charge in [0.2, 0.25) is 5.91 Å². The van der Waals surface area contributed by atoms with Crippen LogP contribution in [0.25, 0.3) is 22.4 Å². The SMILES string of the molecule is CC(=O)Nn1cc(-c2ccccc2)cc1-c1ccccc1. The normalized spacial score (nSPS) is 10.3. The molecule has 1 amide bonds. The summed E-state index contributed by atoms with van der Waals surface area (Å²) in [6, 6.07) is 22.2. The van der Waals surface area contributed by atoms with Crippen LogP contribution < -0.4 is 5.43 Å². The zero-order chi connectivity index (χ0) is 14.7. The Balaban J connectivity index is 2.10. The molecule has 1 aromatic heterocycles. The number of aromatic nitrogens is 1. The summed E-state index contributed by atoms with van der Waals surface area (Å²) in [5.41, 5.74) is 7.06. The van der Waals surface area contributed by atoms with Crippen LogP contribution in [0.3, 0.4) is 0 Å². The summed E-state index contributed by atoms with van der Waals surface area (Å²) in [7, 11) is 0. The van der Waals surface area contributed by atoms with E-state index in [1.165, 1.54) is 6.92 Å². The highest BCUT2D eigenvalue weighted by molar-refractivity contribution is 5.83. The lowest BCUT2D eigenvalue weighted by molar-refractivity contribution is -0.115. The molecule has 1 heterocycles. The van der Waals surface area contributed by atoms with Gasteiger partial charge in [-0.2, -0.15) is 0 Å². The van der Waals surface area contributed by atoms with Crippen molar-refractivity contribution in [1.82, 2.24) is 4.68 Å². The quantitative estimate of drug-likeness (QED) is 0.773. The van der Waals surface area contributed by atoms with Gasteiger partial charge in [-0.25, -0.2) is 0 Å². The highest BCUT2D eigenvalue weighted by Gasteiger charge is 2.10. The number of carbonyl (C=O) groups is 1. The summed E-state index contributed by atoms with van der Waals surface area (Å²) in [5.74, 6) is -0.0950. The lowest BCUT2D eigenvalue weighted by Gasteiger charge is -2.08. The van der Waals surface area contributed by atoms with E-state index in [1.54, 1.807) is 4.68 Å². The third-order valence-corrected chi connectivity index (χ3v) is 3.27. The lowest BCUT2D eigenvalue weighted by atomic mass is 10.1. The summed E-state index contributed by atoms with van der Waals surface area (Å²) in [4.78, 5) is 11.4. The molecule has 2 aromatic carbocycles. The molecule has 0 spiro atoms. The summed E-state index contributed by atoms with van der Waals surface area (Å²) >= 11 is 0. The molecule has 0 aliphatic carbocycles. The van der Waals surface area contributed by atoms with Crippen LogP contribution in [-0.2, 0) is 4.79 Å². The van der Waals surface area contributed by atoms with E-state index in [1.807, 2.05) is 54.7 Å². The molecule has 0 saturated carbocycles. The summed E-state index contributed by atoms with van der Waals surface area (Å²) < 4.78 is 1.78. The Bertz CT molecular complexity index is 745. The molecule has 104 valence electrons. The van der Waals surface area contributed by atoms with Gasteiger partial charge in [0, 0.05) is 24.2 Å². The van der Waals surface area contributed by atoms with Crippen LogP contribution in [0.1, 0.15) is 6.92 Å². The third-order valence-electron chi connectivity index (χ3n) is 3.27. The first kappa shape index (κ1) is 13.2. The van der Waals surface area contributed by atoms with Crippen molar-refractivity contribution in [3.05, 3.63) is 72.9 Å². The van der Waals surface area contributed by atoms with Crippen LogP contribution >= 0.6 is 0 Å². The Morgan fingerprint density at radius 3 is 2.00 bits per heavy atom. The first-order chi connectivity index (χ1) is 10.2. The van der Waals surface area contributed by atoms with Crippen molar-refractivity contribution >= 4 is 5.91 Å². The maximum absolute atomic E-state index is 11.4. The molecule has 21 heavy (non-hydrogen) atoms. The second kappa shape index (κ2) is 5.67. The molecule has 0 fully saturated rings. The Morgan fingerprint density at radius 2 is 1.43 bits per heavy atom. The van der Waals surface area contributed by atoms with E-state index in [-0.39, 0.29) is 5.91 Å². The van der Waals surface area contributed by atoms with E-state index < -0.39 is 0 Å². The van der Waals surface area contributed by atoms with E-state index >= 15 is 0 Å². The van der Waals surface area contributed by atoms with Crippen LogP contribution in [-0.4, -0.2) is 10.6 Å². The lowest BCUT2D eigenvalue weighted by Crippen LogP contribution is -2.19. The van der Waals surface area contributed by atoms with Crippen molar-refractivity contribution in [1.29, 1.82) is 0 Å². The zero-order valence-corrected chi connectivity index (χ0v) is 11.8. The molecule has 0 unspecified atom stereocenters. The number of hydrogen-bond acceptors (Lipinski definition) is 1. The smallest absolute Gasteiger partial charge is 0.235 e. The Hall–Kier alpha value is -2.81. The van der Waals surface area contributed by atoms with Crippen molar-refractivity contribution in [3.63, 3.8) is 0 Å². The van der Waals surface area contributed by atoms with Gasteiger partial charge >= 0.3 is 0 Å². The van der Waals surface area contributed by atoms with Crippen molar-refractivity contribution < 1.29 is 4.79 Å². The van der Waals surface area contributed by atoms with E-state index in [9.17, 15) is 4.79 Å². The third kappa shape index (κ3) is 2.87. The van der Waals surface area contributed by atoms with Crippen molar-refractivity contribution in [2.24, 2.45) is 0 Å². The molecule has 0 aliphatic rings. The first-order valence-corrected chi connectivity index (χ1v) is 6.85. The van der Waals surface area contributed by atoms with E-state index in [2.05, 4.69) is 23.6 Å². The van der Waals surface area contributed by atoms with Gasteiger partial charge in [-0.05, 0) is 11.6 Å². The van der Waals surface area contributed by atoms with E-state index in [4.69, 9.17) is 0 Å². The average molecular weight is 276 g/mol. The van der Waals surface area contributed by atoms with E-state index in [0.717, 1.165) is 22.4 Å². The fraction of sp³-hybridized carbons (Fsp3) is 0.0556. The molecule has 3 aromatic rings. The standard InChI is InChI=1S/C18H16N2O/c1-14(21)19-20-13-17(15-8-4-2-5-9-15)12-18(20)16-10-6-3-7-11-16/h2-13H,1H3,(H,19,21). The number of rotatable bonds is 3. The zero-order valence-electron chi connectivity index (χ0n) is 11.8. The molecule has 0 atom stereocenters. The van der Waals surface area contributed by atoms with Crippen LogP contribution in [0.15, 0.2) is 72.9 Å². The fourth-order valence-electron chi connectivity index (χ4n) is 2.34. The van der Waals surface area contributed by atoms with Gasteiger partial charge in [0.05, 0.1) is 5.69 Å². The van der Waals surface area contributed by atoms with Gasteiger partial charge < -0.3 is 0 Å². The average Bonchev–Trinajstić information content (AvgIpc) is 2.92. The molecular formula is C18H16N2O. The van der Waals surface area contributed by atoms with Gasteiger partial charge in [0.15, 0.2) is 0 Å². The maximum Gasteiger partial charge on any atom is 0.235 e. The monoisotopic (exact) mass is 276 g/mol. The molecule has 3 rings (SSSR count). The van der Waals surface area contributed by atoms with Gasteiger partial charge in [-0.15, -0.1) is 0 Å². The van der Waals surface area contributed by atoms with Crippen LogP contribution in [0.4, 0.5) is 0 Å². The topological polar surface area (TPSA) is 34.0 Å². The van der Waals surface area contributed by atoms with Crippen LogP contribution in [0.2, 0.25) is 0 Å². The van der Waals surface area contributed by atoms with Crippen LogP contribution in [0.5, 0.6) is 0 Å². The molecule has 1 N–H and O–H groups in total. The largest absolute Gasteiger partial charge is 0.274 e. The molecule has 0 aliphatic heterocycles. The minimum absolute atomic E-state index is 0.0950. The van der Waals surface area contributed by atoms with Crippen molar-refractivity contribution in [3.8, 4) is 22.4 Å². The van der Waals surface area contributed by atoms with Crippen molar-refractivity contribution in [2.75, 3.05) is 5.43 Å². The number of nitrogens with one attached hydrogen (secondary N) is 1. The number of amides is 1. The van der Waals surface area contributed by atoms with Crippen LogP contribution in [0, 0.1) is 0 Å². The Labute approximate surface area is 123 Å². The number of nitrogens with zero attached hydrogens (tertiary/aromatic N) is 1. The second-order valence-corrected chi connectivity index (χ2v) is 4.88. The first-order valence-electron chi connectivity index (χ1n) is 6.85. The maximum atomic E-state index is 11.4. The molecule has 0 saturated heterocycles. The Morgan fingerprint density at radius 1 is 0.857 bits per heavy atom. The minimum Gasteiger partial charge on any atom is -0.274 e. The Kier molecular flexibility index (Phi) is 3.56. The molecule has 0 radical (unpaired) electrons. The number of benzene rings is 2. The summed E-state index contributed by atoms with van der Waals surface area (Å²) in [6.45, 7) is 1.51.